The summed E-state index contributed by atoms with van der Waals surface area (Å²) in [5.41, 5.74) is 3.53. The second-order valence-corrected chi connectivity index (χ2v) is 7.73. The Labute approximate surface area is 195 Å². The summed E-state index contributed by atoms with van der Waals surface area (Å²) in [6, 6.07) is 24.3. The van der Waals surface area contributed by atoms with Crippen molar-refractivity contribution in [1.82, 2.24) is 19.1 Å². The largest absolute Gasteiger partial charge is 0.337 e. The molecule has 0 unspecified atom stereocenters. The summed E-state index contributed by atoms with van der Waals surface area (Å²) < 4.78 is 3.75. The third-order valence-electron chi connectivity index (χ3n) is 5.37. The van der Waals surface area contributed by atoms with Crippen LogP contribution in [0.15, 0.2) is 97.6 Å². The molecule has 0 aliphatic carbocycles. The van der Waals surface area contributed by atoms with Crippen molar-refractivity contribution >= 4 is 34.5 Å². The minimum absolute atomic E-state index is 0.142. The minimum atomic E-state index is -0.318. The van der Waals surface area contributed by atoms with Crippen LogP contribution in [0.25, 0.3) is 16.7 Å². The smallest absolute Gasteiger partial charge is 0.258 e. The van der Waals surface area contributed by atoms with Gasteiger partial charge in [-0.15, -0.1) is 0 Å². The van der Waals surface area contributed by atoms with Gasteiger partial charge in [0.15, 0.2) is 0 Å². The molecule has 2 aromatic heterocycles. The topological polar surface area (TPSA) is 93.8 Å². The highest BCUT2D eigenvalue weighted by Gasteiger charge is 2.16. The van der Waals surface area contributed by atoms with Crippen LogP contribution in [-0.2, 0) is 11.3 Å². The molecule has 5 aromatic rings. The molecule has 0 radical (unpaired) electrons. The van der Waals surface area contributed by atoms with Gasteiger partial charge in [0.2, 0.25) is 11.9 Å². The number of para-hydroxylation sites is 3. The molecule has 0 spiro atoms. The van der Waals surface area contributed by atoms with Gasteiger partial charge in [0.25, 0.3) is 5.91 Å². The van der Waals surface area contributed by atoms with Gasteiger partial charge in [-0.25, -0.2) is 9.97 Å². The SMILES string of the molecule is O=C(CCn1ccnc1)Nc1cccc(C(=O)Nc2nc3ccccc3n2-c2ccccc2)c1. The molecule has 5 rings (SSSR count). The molecule has 0 bridgehead atoms. The van der Waals surface area contributed by atoms with Crippen LogP contribution in [-0.4, -0.2) is 30.9 Å². The highest BCUT2D eigenvalue weighted by Crippen LogP contribution is 2.25. The van der Waals surface area contributed by atoms with E-state index < -0.39 is 0 Å². The van der Waals surface area contributed by atoms with Crippen molar-refractivity contribution in [1.29, 1.82) is 0 Å². The van der Waals surface area contributed by atoms with Crippen molar-refractivity contribution in [3.05, 3.63) is 103 Å². The van der Waals surface area contributed by atoms with Gasteiger partial charge in [0, 0.05) is 42.3 Å². The number of hydrogen-bond donors (Lipinski definition) is 2. The molecular formula is C26H22N6O2. The van der Waals surface area contributed by atoms with Gasteiger partial charge in [0.05, 0.1) is 17.4 Å². The molecule has 8 heteroatoms. The molecule has 0 aliphatic heterocycles. The molecule has 8 nitrogen and oxygen atoms in total. The quantitative estimate of drug-likeness (QED) is 0.382. The van der Waals surface area contributed by atoms with Crippen LogP contribution in [0.3, 0.4) is 0 Å². The second-order valence-electron chi connectivity index (χ2n) is 7.73. The number of amides is 2. The Morgan fingerprint density at radius 1 is 0.882 bits per heavy atom. The zero-order chi connectivity index (χ0) is 23.3. The average molecular weight is 451 g/mol. The number of nitrogens with one attached hydrogen (secondary N) is 2. The van der Waals surface area contributed by atoms with E-state index in [1.165, 1.54) is 0 Å². The van der Waals surface area contributed by atoms with Crippen molar-refractivity contribution in [2.45, 2.75) is 13.0 Å². The molecule has 168 valence electrons. The maximum atomic E-state index is 13.1. The lowest BCUT2D eigenvalue weighted by Gasteiger charge is -2.11. The highest BCUT2D eigenvalue weighted by molar-refractivity contribution is 6.05. The molecule has 2 N–H and O–H groups in total. The predicted molar refractivity (Wildman–Crippen MR) is 131 cm³/mol. The normalized spacial score (nSPS) is 10.8. The van der Waals surface area contributed by atoms with Crippen molar-refractivity contribution in [3.63, 3.8) is 0 Å². The molecule has 0 fully saturated rings. The first kappa shape index (κ1) is 21.1. The summed E-state index contributed by atoms with van der Waals surface area (Å²) in [6.07, 6.45) is 5.45. The van der Waals surface area contributed by atoms with E-state index >= 15 is 0 Å². The molecule has 0 atom stereocenters. The Kier molecular flexibility index (Phi) is 5.85. The van der Waals surface area contributed by atoms with E-state index in [2.05, 4.69) is 20.6 Å². The average Bonchev–Trinajstić information content (AvgIpc) is 3.51. The van der Waals surface area contributed by atoms with Crippen LogP contribution in [0.4, 0.5) is 11.6 Å². The number of nitrogens with zero attached hydrogens (tertiary/aromatic N) is 4. The van der Waals surface area contributed by atoms with Gasteiger partial charge in [-0.3, -0.25) is 19.5 Å². The van der Waals surface area contributed by atoms with Gasteiger partial charge in [-0.2, -0.15) is 0 Å². The number of rotatable bonds is 7. The van der Waals surface area contributed by atoms with Crippen LogP contribution >= 0.6 is 0 Å². The lowest BCUT2D eigenvalue weighted by molar-refractivity contribution is -0.116. The van der Waals surface area contributed by atoms with Crippen LogP contribution in [0.5, 0.6) is 0 Å². The number of carbonyl (C=O) groups is 2. The Hall–Kier alpha value is -4.72. The van der Waals surface area contributed by atoms with Crippen molar-refractivity contribution in [3.8, 4) is 5.69 Å². The van der Waals surface area contributed by atoms with Gasteiger partial charge in [-0.1, -0.05) is 36.4 Å². The highest BCUT2D eigenvalue weighted by atomic mass is 16.2. The lowest BCUT2D eigenvalue weighted by atomic mass is 10.2. The van der Waals surface area contributed by atoms with Crippen LogP contribution in [0, 0.1) is 0 Å². The van der Waals surface area contributed by atoms with E-state index in [9.17, 15) is 9.59 Å². The Bertz CT molecular complexity index is 1440. The number of anilines is 2. The van der Waals surface area contributed by atoms with Gasteiger partial charge in [0.1, 0.15) is 0 Å². The van der Waals surface area contributed by atoms with Gasteiger partial charge in [-0.05, 0) is 42.5 Å². The Morgan fingerprint density at radius 3 is 2.53 bits per heavy atom. The first-order valence-corrected chi connectivity index (χ1v) is 10.9. The molecule has 2 heterocycles. The molecule has 0 saturated heterocycles. The third kappa shape index (κ3) is 4.56. The molecule has 34 heavy (non-hydrogen) atoms. The molecular weight excluding hydrogens is 428 g/mol. The summed E-state index contributed by atoms with van der Waals surface area (Å²) >= 11 is 0. The fraction of sp³-hybridized carbons (Fsp3) is 0.0769. The summed E-state index contributed by atoms with van der Waals surface area (Å²) in [6.45, 7) is 0.529. The number of benzene rings is 3. The zero-order valence-electron chi connectivity index (χ0n) is 18.3. The first-order chi connectivity index (χ1) is 16.7. The van der Waals surface area contributed by atoms with Crippen LogP contribution < -0.4 is 10.6 Å². The van der Waals surface area contributed by atoms with Crippen LogP contribution in [0.2, 0.25) is 0 Å². The maximum absolute atomic E-state index is 13.1. The number of carbonyl (C=O) groups excluding carboxylic acids is 2. The number of hydrogen-bond acceptors (Lipinski definition) is 4. The second kappa shape index (κ2) is 9.41. The number of aryl methyl sites for hydroxylation is 1. The van der Waals surface area contributed by atoms with E-state index in [0.29, 0.717) is 30.2 Å². The monoisotopic (exact) mass is 450 g/mol. The minimum Gasteiger partial charge on any atom is -0.337 e. The van der Waals surface area contributed by atoms with E-state index in [1.807, 2.05) is 63.7 Å². The first-order valence-electron chi connectivity index (χ1n) is 10.9. The molecule has 0 saturated carbocycles. The van der Waals surface area contributed by atoms with E-state index in [-0.39, 0.29) is 11.8 Å². The lowest BCUT2D eigenvalue weighted by Crippen LogP contribution is -2.17. The Morgan fingerprint density at radius 2 is 1.71 bits per heavy atom. The van der Waals surface area contributed by atoms with Crippen molar-refractivity contribution < 1.29 is 9.59 Å². The standard InChI is InChI=1S/C26H22N6O2/c33-24(13-15-31-16-14-27-18-31)28-20-8-6-7-19(17-20)25(34)30-26-29-22-11-4-5-12-23(22)32(26)21-9-2-1-3-10-21/h1-12,14,16-18H,13,15H2,(H,28,33)(H,29,30,34). The van der Waals surface area contributed by atoms with Gasteiger partial charge >= 0.3 is 0 Å². The number of fused-ring (bicyclic) bond motifs is 1. The van der Waals surface area contributed by atoms with Crippen LogP contribution in [0.1, 0.15) is 16.8 Å². The fourth-order valence-electron chi connectivity index (χ4n) is 3.73. The van der Waals surface area contributed by atoms with E-state index in [1.54, 1.807) is 43.0 Å². The van der Waals surface area contributed by atoms with E-state index in [4.69, 9.17) is 0 Å². The number of aromatic nitrogens is 4. The summed E-state index contributed by atoms with van der Waals surface area (Å²) in [4.78, 5) is 34.0. The molecule has 0 aliphatic rings. The van der Waals surface area contributed by atoms with Gasteiger partial charge < -0.3 is 9.88 Å². The van der Waals surface area contributed by atoms with E-state index in [0.717, 1.165) is 16.7 Å². The summed E-state index contributed by atoms with van der Waals surface area (Å²) in [5, 5.41) is 5.78. The predicted octanol–water partition coefficient (Wildman–Crippen LogP) is 4.50. The zero-order valence-corrected chi connectivity index (χ0v) is 18.3. The number of imidazole rings is 2. The molecule has 3 aromatic carbocycles. The summed E-state index contributed by atoms with van der Waals surface area (Å²) in [7, 11) is 0. The molecule has 2 amide bonds. The fourth-order valence-corrected chi connectivity index (χ4v) is 3.73. The Balaban J connectivity index is 1.34. The third-order valence-corrected chi connectivity index (χ3v) is 5.37. The van der Waals surface area contributed by atoms with Crippen molar-refractivity contribution in [2.75, 3.05) is 10.6 Å². The maximum Gasteiger partial charge on any atom is 0.258 e. The summed E-state index contributed by atoms with van der Waals surface area (Å²) in [5.74, 6) is -0.0358. The van der Waals surface area contributed by atoms with Crippen molar-refractivity contribution in [2.24, 2.45) is 0 Å².